The number of hydrogen-bond donors (Lipinski definition) is 2. The molecule has 0 saturated carbocycles. The molecule has 3 aliphatic heterocycles. The van der Waals surface area contributed by atoms with Crippen LogP contribution in [0.15, 0.2) is 46.8 Å². The lowest BCUT2D eigenvalue weighted by Crippen LogP contribution is -2.49. The minimum atomic E-state index is -3.71. The van der Waals surface area contributed by atoms with Crippen LogP contribution in [0.25, 0.3) is 6.08 Å². The van der Waals surface area contributed by atoms with E-state index in [2.05, 4.69) is 15.0 Å². The molecule has 0 aliphatic carbocycles. The van der Waals surface area contributed by atoms with Crippen molar-refractivity contribution in [3.05, 3.63) is 56.6 Å². The number of hydrogen-bond acceptors (Lipinski definition) is 8. The molecule has 1 aromatic carbocycles. The number of benzene rings is 1. The lowest BCUT2D eigenvalue weighted by atomic mass is 10.0. The molecular weight excluding hydrogens is 614 g/mol. The van der Waals surface area contributed by atoms with Crippen LogP contribution in [-0.2, 0) is 29.1 Å². The van der Waals surface area contributed by atoms with Crippen LogP contribution in [0.5, 0.6) is 0 Å². The van der Waals surface area contributed by atoms with Gasteiger partial charge in [-0.05, 0) is 68.0 Å². The van der Waals surface area contributed by atoms with Crippen molar-refractivity contribution in [3.8, 4) is 0 Å². The Balaban J connectivity index is 1.12. The Morgan fingerprint density at radius 3 is 2.74 bits per heavy atom. The van der Waals surface area contributed by atoms with Gasteiger partial charge >= 0.3 is 0 Å². The van der Waals surface area contributed by atoms with Crippen molar-refractivity contribution in [2.45, 2.75) is 56.7 Å². The molecule has 0 radical (unpaired) electrons. The van der Waals surface area contributed by atoms with Crippen LogP contribution in [0.4, 0.5) is 5.69 Å². The van der Waals surface area contributed by atoms with Gasteiger partial charge in [0.1, 0.15) is 12.1 Å². The normalized spacial score (nSPS) is 22.9. The first-order chi connectivity index (χ1) is 20.7. The molecule has 43 heavy (non-hydrogen) atoms. The molecule has 3 atom stereocenters. The summed E-state index contributed by atoms with van der Waals surface area (Å²) in [6.07, 6.45) is 5.48. The van der Waals surface area contributed by atoms with Gasteiger partial charge in [-0.15, -0.1) is 11.3 Å². The van der Waals surface area contributed by atoms with Gasteiger partial charge in [0.15, 0.2) is 6.40 Å². The van der Waals surface area contributed by atoms with Crippen LogP contribution in [0.1, 0.15) is 55.1 Å². The predicted molar refractivity (Wildman–Crippen MR) is 166 cm³/mol. The summed E-state index contributed by atoms with van der Waals surface area (Å²) in [6.45, 7) is 1.19. The number of sulfonamides is 1. The van der Waals surface area contributed by atoms with Crippen molar-refractivity contribution in [3.63, 3.8) is 0 Å². The third-order valence-electron chi connectivity index (χ3n) is 7.68. The summed E-state index contributed by atoms with van der Waals surface area (Å²) in [7, 11) is -3.71. The molecule has 3 amide bonds. The van der Waals surface area contributed by atoms with E-state index in [0.717, 1.165) is 15.8 Å². The van der Waals surface area contributed by atoms with E-state index >= 15 is 0 Å². The Hall–Kier alpha value is -3.26. The molecule has 2 aromatic rings. The Morgan fingerprint density at radius 2 is 1.98 bits per heavy atom. The van der Waals surface area contributed by atoms with E-state index < -0.39 is 16.1 Å². The molecule has 0 spiro atoms. The van der Waals surface area contributed by atoms with Gasteiger partial charge in [-0.3, -0.25) is 19.4 Å². The van der Waals surface area contributed by atoms with Crippen LogP contribution >= 0.6 is 22.9 Å². The highest BCUT2D eigenvalue weighted by Gasteiger charge is 2.35. The molecule has 3 aliphatic rings. The molecule has 2 saturated heterocycles. The molecule has 2 fully saturated rings. The first-order valence-corrected chi connectivity index (χ1v) is 17.0. The van der Waals surface area contributed by atoms with E-state index in [1.54, 1.807) is 23.1 Å². The molecule has 5 rings (SSSR count). The molecular formula is C29H34ClN5O6S2. The number of carbonyl (C=O) groups is 3. The average Bonchev–Trinajstić information content (AvgIpc) is 3.76. The minimum Gasteiger partial charge on any atom is -0.474 e. The molecule has 11 nitrogen and oxygen atoms in total. The maximum atomic E-state index is 13.3. The van der Waals surface area contributed by atoms with Crippen molar-refractivity contribution in [2.75, 3.05) is 31.5 Å². The SMILES string of the molecule is O=C(Nc1cccc(C2CN=CO2)c1)[C@H]1CCCN1C(=O)CN1CCCC(NS(=O)(=O)/C=C/c2ccc(Cl)s2)CCC1=O. The van der Waals surface area contributed by atoms with Crippen molar-refractivity contribution >= 4 is 68.8 Å². The first-order valence-electron chi connectivity index (χ1n) is 14.2. The number of halogens is 1. The van der Waals surface area contributed by atoms with Gasteiger partial charge in [-0.25, -0.2) is 13.1 Å². The van der Waals surface area contributed by atoms with Gasteiger partial charge in [0.2, 0.25) is 27.7 Å². The summed E-state index contributed by atoms with van der Waals surface area (Å²) in [5, 5.41) is 4.04. The molecule has 14 heteroatoms. The van der Waals surface area contributed by atoms with Gasteiger partial charge in [0.25, 0.3) is 0 Å². The second kappa shape index (κ2) is 14.0. The number of nitrogens with one attached hydrogen (secondary N) is 2. The maximum Gasteiger partial charge on any atom is 0.247 e. The van der Waals surface area contributed by atoms with E-state index in [0.29, 0.717) is 61.8 Å². The predicted octanol–water partition coefficient (Wildman–Crippen LogP) is 3.79. The Bertz CT molecular complexity index is 1500. The fraction of sp³-hybridized carbons (Fsp3) is 0.448. The third kappa shape index (κ3) is 8.43. The van der Waals surface area contributed by atoms with Gasteiger partial charge in [-0.1, -0.05) is 23.7 Å². The zero-order valence-corrected chi connectivity index (χ0v) is 25.9. The summed E-state index contributed by atoms with van der Waals surface area (Å²) < 4.78 is 33.9. The number of thiophene rings is 1. The first kappa shape index (κ1) is 31.2. The van der Waals surface area contributed by atoms with Crippen molar-refractivity contribution in [1.29, 1.82) is 0 Å². The Labute approximate surface area is 260 Å². The van der Waals surface area contributed by atoms with Crippen molar-refractivity contribution < 1.29 is 27.5 Å². The molecule has 230 valence electrons. The molecule has 1 aromatic heterocycles. The van der Waals surface area contributed by atoms with Crippen molar-refractivity contribution in [2.24, 2.45) is 4.99 Å². The number of anilines is 1. The summed E-state index contributed by atoms with van der Waals surface area (Å²) >= 11 is 7.18. The summed E-state index contributed by atoms with van der Waals surface area (Å²) in [6, 6.07) is 9.82. The highest BCUT2D eigenvalue weighted by atomic mass is 35.5. The van der Waals surface area contributed by atoms with Gasteiger partial charge < -0.3 is 19.9 Å². The third-order valence-corrected chi connectivity index (χ3v) is 10.0. The smallest absolute Gasteiger partial charge is 0.247 e. The van der Waals surface area contributed by atoms with Crippen LogP contribution in [0.3, 0.4) is 0 Å². The van der Waals surface area contributed by atoms with E-state index in [1.807, 2.05) is 18.2 Å². The topological polar surface area (TPSA) is 137 Å². The lowest BCUT2D eigenvalue weighted by Gasteiger charge is -2.30. The van der Waals surface area contributed by atoms with Gasteiger partial charge in [-0.2, -0.15) is 0 Å². The number of rotatable bonds is 9. The number of aliphatic imine (C=N–C) groups is 1. The summed E-state index contributed by atoms with van der Waals surface area (Å²) in [4.78, 5) is 47.4. The molecule has 0 bridgehead atoms. The number of amides is 3. The van der Waals surface area contributed by atoms with E-state index in [9.17, 15) is 22.8 Å². The number of nitrogens with zero attached hydrogens (tertiary/aromatic N) is 3. The van der Waals surface area contributed by atoms with Gasteiger partial charge in [0, 0.05) is 41.5 Å². The molecule has 2 unspecified atom stereocenters. The zero-order valence-electron chi connectivity index (χ0n) is 23.5. The van der Waals surface area contributed by atoms with E-state index in [4.69, 9.17) is 16.3 Å². The number of carbonyl (C=O) groups excluding carboxylic acids is 3. The highest BCUT2D eigenvalue weighted by molar-refractivity contribution is 7.92. The van der Waals surface area contributed by atoms with Crippen LogP contribution in [0.2, 0.25) is 4.34 Å². The molecule has 4 heterocycles. The lowest BCUT2D eigenvalue weighted by molar-refractivity contribution is -0.143. The van der Waals surface area contributed by atoms with E-state index in [-0.39, 0.29) is 42.8 Å². The van der Waals surface area contributed by atoms with Crippen LogP contribution in [0, 0.1) is 0 Å². The second-order valence-electron chi connectivity index (χ2n) is 10.8. The monoisotopic (exact) mass is 647 g/mol. The number of ether oxygens (including phenoxy) is 1. The largest absolute Gasteiger partial charge is 0.474 e. The van der Waals surface area contributed by atoms with Crippen LogP contribution in [-0.4, -0.2) is 80.6 Å². The quantitative estimate of drug-likeness (QED) is 0.425. The Kier molecular flexibility index (Phi) is 10.2. The standard InChI is InChI=1S/C29H34ClN5O6S2/c30-26-10-9-23(42-26)12-15-43(39,40)33-21-6-2-13-34(27(36)11-8-21)18-28(37)35-14-3-7-24(35)29(38)32-22-5-1-4-20(16-22)25-17-31-19-41-25/h1,4-5,9-10,12,15-16,19,21,24-25,33H,2-3,6-8,11,13-14,17-18H2,(H,32,38)/b15-12+/t21?,24-,25?/m1/s1. The highest BCUT2D eigenvalue weighted by Crippen LogP contribution is 2.26. The molecule has 2 N–H and O–H groups in total. The second-order valence-corrected chi connectivity index (χ2v) is 14.1. The maximum absolute atomic E-state index is 13.3. The fourth-order valence-corrected chi connectivity index (χ4v) is 7.66. The van der Waals surface area contributed by atoms with Gasteiger partial charge in [0.05, 0.1) is 17.4 Å². The summed E-state index contributed by atoms with van der Waals surface area (Å²) in [5.74, 6) is -0.749. The average molecular weight is 648 g/mol. The number of likely N-dealkylation sites (tertiary alicyclic amines) is 2. The summed E-state index contributed by atoms with van der Waals surface area (Å²) in [5.41, 5.74) is 1.52. The van der Waals surface area contributed by atoms with E-state index in [1.165, 1.54) is 28.7 Å². The fourth-order valence-electron chi connectivity index (χ4n) is 5.50. The Morgan fingerprint density at radius 1 is 1.14 bits per heavy atom. The zero-order chi connectivity index (χ0) is 30.4. The van der Waals surface area contributed by atoms with Crippen LogP contribution < -0.4 is 10.0 Å². The van der Waals surface area contributed by atoms with Crippen molar-refractivity contribution in [1.82, 2.24) is 14.5 Å². The minimum absolute atomic E-state index is 0.111.